The number of carboxylic acids is 1. The van der Waals surface area contributed by atoms with Gasteiger partial charge in [-0.05, 0) is 60.2 Å². The summed E-state index contributed by atoms with van der Waals surface area (Å²) in [6, 6.07) is 16.3. The summed E-state index contributed by atoms with van der Waals surface area (Å²) in [5.41, 5.74) is 2.04. The number of furan rings is 1. The summed E-state index contributed by atoms with van der Waals surface area (Å²) in [6.45, 7) is -0.639. The highest BCUT2D eigenvalue weighted by atomic mass is 32.2. The smallest absolute Gasteiger partial charge is 0.323 e. The van der Waals surface area contributed by atoms with Crippen LogP contribution in [0.15, 0.2) is 77.2 Å². The number of aromatic nitrogens is 1. The number of carbonyl (C=O) groups excluding carboxylic acids is 1. The highest BCUT2D eigenvalue weighted by molar-refractivity contribution is 7.92. The van der Waals surface area contributed by atoms with E-state index in [2.05, 4.69) is 5.32 Å². The number of rotatable bonds is 9. The third kappa shape index (κ3) is 5.95. The first kappa shape index (κ1) is 33.2. The fourth-order valence-corrected chi connectivity index (χ4v) is 6.35. The molecule has 0 aliphatic carbocycles. The van der Waals surface area contributed by atoms with Crippen LogP contribution >= 0.6 is 0 Å². The molecule has 2 heterocycles. The zero-order valence-corrected chi connectivity index (χ0v) is 27.3. The van der Waals surface area contributed by atoms with Gasteiger partial charge in [0.2, 0.25) is 10.0 Å². The number of hydrogen-bond acceptors (Lipinski definition) is 6. The monoisotopic (exact) mass is 691 g/mol. The molecule has 14 heteroatoms. The van der Waals surface area contributed by atoms with Gasteiger partial charge in [0.1, 0.15) is 41.1 Å². The van der Waals surface area contributed by atoms with E-state index in [-0.39, 0.29) is 50.5 Å². The maximum absolute atomic E-state index is 14.9. The molecule has 0 radical (unpaired) electrons. The number of carbonyl (C=O) groups is 2. The minimum atomic E-state index is -3.86. The molecule has 2 aromatic heterocycles. The number of fused-ring (bicyclic) bond motifs is 2. The van der Waals surface area contributed by atoms with Crippen molar-refractivity contribution >= 4 is 49.5 Å². The topological polar surface area (TPSA) is 131 Å². The van der Waals surface area contributed by atoms with Gasteiger partial charge in [0.25, 0.3) is 5.91 Å². The first-order chi connectivity index (χ1) is 23.2. The normalized spacial score (nSPS) is 11.7. The van der Waals surface area contributed by atoms with Crippen molar-refractivity contribution in [2.24, 2.45) is 0 Å². The maximum Gasteiger partial charge on any atom is 0.323 e. The molecule has 1 amide bonds. The van der Waals surface area contributed by atoms with Gasteiger partial charge in [-0.2, -0.15) is 0 Å². The van der Waals surface area contributed by atoms with Crippen LogP contribution in [-0.4, -0.2) is 57.4 Å². The zero-order valence-electron chi connectivity index (χ0n) is 26.5. The van der Waals surface area contributed by atoms with Gasteiger partial charge >= 0.3 is 5.97 Å². The molecule has 252 valence electrons. The second kappa shape index (κ2) is 12.4. The van der Waals surface area contributed by atoms with Crippen molar-refractivity contribution in [2.45, 2.75) is 6.54 Å². The number of carboxylic acid groups (broad SMARTS) is 1. The minimum Gasteiger partial charge on any atom is -0.496 e. The van der Waals surface area contributed by atoms with Crippen LogP contribution in [0.25, 0.3) is 55.6 Å². The summed E-state index contributed by atoms with van der Waals surface area (Å²) < 4.78 is 82.8. The van der Waals surface area contributed by atoms with Crippen molar-refractivity contribution in [3.63, 3.8) is 0 Å². The number of hydrogen-bond donors (Lipinski definition) is 2. The number of methoxy groups -OCH3 is 1. The second-order valence-corrected chi connectivity index (χ2v) is 13.2. The Balaban J connectivity index is 1.67. The van der Waals surface area contributed by atoms with Crippen LogP contribution in [0, 0.1) is 17.5 Å². The zero-order chi connectivity index (χ0) is 35.4. The van der Waals surface area contributed by atoms with Gasteiger partial charge in [0.05, 0.1) is 35.8 Å². The summed E-state index contributed by atoms with van der Waals surface area (Å²) in [5.74, 6) is -3.68. The van der Waals surface area contributed by atoms with E-state index in [0.29, 0.717) is 28.1 Å². The van der Waals surface area contributed by atoms with Crippen molar-refractivity contribution < 1.29 is 45.4 Å². The molecule has 2 N–H and O–H groups in total. The molecule has 0 unspecified atom stereocenters. The molecular weight excluding hydrogens is 663 g/mol. The largest absolute Gasteiger partial charge is 0.496 e. The van der Waals surface area contributed by atoms with Gasteiger partial charge in [-0.15, -0.1) is 0 Å². The molecule has 0 aliphatic rings. The minimum absolute atomic E-state index is 0.00298. The van der Waals surface area contributed by atoms with Crippen molar-refractivity contribution in [2.75, 3.05) is 31.8 Å². The standard InChI is InChI=1S/C35H28F3N3O7S/c1-39-35(44)33-25-14-22(27(40(2)49(4,45)46)16-31(25)48-34(33)18-5-8-20(36)9-6-18)19-7-10-30(47-3)24(11-19)29-15-23-26(38)12-21(37)13-28(23)41(29)17-32(42)43/h5-16H,17H2,1-4H3,(H,39,44)(H,42,43). The van der Waals surface area contributed by atoms with Gasteiger partial charge in [0.15, 0.2) is 0 Å². The lowest BCUT2D eigenvalue weighted by atomic mass is 9.96. The number of nitrogens with zero attached hydrogens (tertiary/aromatic N) is 2. The molecule has 10 nitrogen and oxygen atoms in total. The number of nitrogens with one attached hydrogen (secondary N) is 1. The SMILES string of the molecule is CNC(=O)c1c(-c2ccc(F)cc2)oc2cc(N(C)S(C)(=O)=O)c(-c3ccc(OC)c(-c4cc5c(F)cc(F)cc5n4CC(=O)O)c3)cc12. The molecule has 0 spiro atoms. The lowest BCUT2D eigenvalue weighted by molar-refractivity contribution is -0.137. The lowest BCUT2D eigenvalue weighted by Crippen LogP contribution is -2.25. The first-order valence-corrected chi connectivity index (χ1v) is 16.5. The van der Waals surface area contributed by atoms with Crippen LogP contribution in [0.5, 0.6) is 5.75 Å². The Hall–Kier alpha value is -5.76. The fraction of sp³-hybridized carbons (Fsp3) is 0.143. The molecule has 0 fully saturated rings. The van der Waals surface area contributed by atoms with Gasteiger partial charge in [0, 0.05) is 53.7 Å². The summed E-state index contributed by atoms with van der Waals surface area (Å²) >= 11 is 0. The molecule has 0 saturated heterocycles. The van der Waals surface area contributed by atoms with E-state index in [1.54, 1.807) is 24.3 Å². The van der Waals surface area contributed by atoms with Gasteiger partial charge in [-0.1, -0.05) is 6.07 Å². The Morgan fingerprint density at radius 1 is 0.918 bits per heavy atom. The van der Waals surface area contributed by atoms with Crippen LogP contribution in [0.4, 0.5) is 18.9 Å². The predicted molar refractivity (Wildman–Crippen MR) is 179 cm³/mol. The van der Waals surface area contributed by atoms with Crippen LogP contribution in [0.2, 0.25) is 0 Å². The van der Waals surface area contributed by atoms with Gasteiger partial charge < -0.3 is 24.1 Å². The molecule has 0 atom stereocenters. The van der Waals surface area contributed by atoms with Crippen molar-refractivity contribution in [3.8, 4) is 39.5 Å². The summed E-state index contributed by atoms with van der Waals surface area (Å²) in [6.07, 6.45) is 1.01. The summed E-state index contributed by atoms with van der Waals surface area (Å²) in [4.78, 5) is 25.2. The van der Waals surface area contributed by atoms with Crippen LogP contribution in [-0.2, 0) is 21.4 Å². The highest BCUT2D eigenvalue weighted by Crippen LogP contribution is 2.44. The second-order valence-electron chi connectivity index (χ2n) is 11.2. The Morgan fingerprint density at radius 2 is 1.61 bits per heavy atom. The Morgan fingerprint density at radius 3 is 2.24 bits per heavy atom. The predicted octanol–water partition coefficient (Wildman–Crippen LogP) is 6.65. The quantitative estimate of drug-likeness (QED) is 0.174. The van der Waals surface area contributed by atoms with Gasteiger partial charge in [-0.3, -0.25) is 13.9 Å². The van der Waals surface area contributed by atoms with E-state index in [4.69, 9.17) is 9.15 Å². The third-order valence-electron chi connectivity index (χ3n) is 8.22. The number of anilines is 1. The van der Waals surface area contributed by atoms with E-state index in [9.17, 15) is 36.3 Å². The number of halogens is 3. The molecule has 0 aliphatic heterocycles. The third-order valence-corrected chi connectivity index (χ3v) is 9.41. The number of ether oxygens (including phenoxy) is 1. The Labute approximate surface area is 278 Å². The first-order valence-electron chi connectivity index (χ1n) is 14.6. The van der Waals surface area contributed by atoms with Crippen LogP contribution in [0.1, 0.15) is 10.4 Å². The summed E-state index contributed by atoms with van der Waals surface area (Å²) in [5, 5.41) is 12.6. The van der Waals surface area contributed by atoms with E-state index in [0.717, 1.165) is 16.6 Å². The van der Waals surface area contributed by atoms with E-state index >= 15 is 0 Å². The number of amides is 1. The molecule has 0 bridgehead atoms. The van der Waals surface area contributed by atoms with Crippen LogP contribution in [0.3, 0.4) is 0 Å². The van der Waals surface area contributed by atoms with Crippen molar-refractivity contribution in [1.29, 1.82) is 0 Å². The Kier molecular flexibility index (Phi) is 8.36. The van der Waals surface area contributed by atoms with Crippen molar-refractivity contribution in [1.82, 2.24) is 9.88 Å². The Bertz CT molecular complexity index is 2420. The van der Waals surface area contributed by atoms with Crippen LogP contribution < -0.4 is 14.4 Å². The molecule has 49 heavy (non-hydrogen) atoms. The molecule has 6 rings (SSSR count). The van der Waals surface area contributed by atoms with Gasteiger partial charge in [-0.25, -0.2) is 21.6 Å². The summed E-state index contributed by atoms with van der Waals surface area (Å²) in [7, 11) is 0.303. The van der Waals surface area contributed by atoms with Crippen molar-refractivity contribution in [3.05, 3.63) is 95.8 Å². The number of aliphatic carboxylic acids is 1. The lowest BCUT2D eigenvalue weighted by Gasteiger charge is -2.21. The molecular formula is C35H28F3N3O7S. The average molecular weight is 692 g/mol. The van der Waals surface area contributed by atoms with E-state index in [1.807, 2.05) is 0 Å². The average Bonchev–Trinajstić information content (AvgIpc) is 3.61. The highest BCUT2D eigenvalue weighted by Gasteiger charge is 2.27. The van der Waals surface area contributed by atoms with E-state index < -0.39 is 45.9 Å². The maximum atomic E-state index is 14.9. The molecule has 6 aromatic rings. The number of sulfonamides is 1. The molecule has 0 saturated carbocycles. The number of benzene rings is 4. The van der Waals surface area contributed by atoms with E-state index in [1.165, 1.54) is 62.2 Å². The fourth-order valence-electron chi connectivity index (χ4n) is 5.84. The molecule has 4 aromatic carbocycles.